The van der Waals surface area contributed by atoms with E-state index >= 15 is 0 Å². The van der Waals surface area contributed by atoms with Crippen LogP contribution in [0.15, 0.2) is 24.3 Å². The molecule has 0 fully saturated rings. The van der Waals surface area contributed by atoms with Gasteiger partial charge in [-0.15, -0.1) is 0 Å². The van der Waals surface area contributed by atoms with E-state index in [1.54, 1.807) is 0 Å². The summed E-state index contributed by atoms with van der Waals surface area (Å²) in [7, 11) is -1.02. The third-order valence-corrected chi connectivity index (χ3v) is 4.97. The van der Waals surface area contributed by atoms with Crippen LogP contribution in [0.2, 0.25) is 25.7 Å². The molecule has 0 aliphatic heterocycles. The van der Waals surface area contributed by atoms with Crippen LogP contribution in [-0.4, -0.2) is 20.7 Å². The van der Waals surface area contributed by atoms with Gasteiger partial charge in [-0.2, -0.15) is 0 Å². The smallest absolute Gasteiger partial charge is 0.410 e. The average molecular weight is 293 g/mol. The molecule has 0 aromatic heterocycles. The van der Waals surface area contributed by atoms with Gasteiger partial charge < -0.3 is 10.1 Å². The Hall–Kier alpha value is -1.29. The topological polar surface area (TPSA) is 38.3 Å². The fraction of sp³-hybridized carbons (Fsp3) is 0.562. The van der Waals surface area contributed by atoms with Gasteiger partial charge in [0.15, 0.2) is 0 Å². The highest BCUT2D eigenvalue weighted by Crippen LogP contribution is 2.25. The quantitative estimate of drug-likeness (QED) is 0.613. The Morgan fingerprint density at radius 1 is 1.25 bits per heavy atom. The molecule has 20 heavy (non-hydrogen) atoms. The Balaban J connectivity index is 2.43. The zero-order valence-electron chi connectivity index (χ0n) is 13.3. The highest BCUT2D eigenvalue weighted by atomic mass is 28.3. The minimum atomic E-state index is -1.02. The lowest BCUT2D eigenvalue weighted by Crippen LogP contribution is -2.29. The van der Waals surface area contributed by atoms with E-state index in [1.165, 1.54) is 6.04 Å². The van der Waals surface area contributed by atoms with Crippen LogP contribution >= 0.6 is 0 Å². The van der Waals surface area contributed by atoms with Crippen LogP contribution in [0.3, 0.4) is 0 Å². The molecule has 1 aromatic carbocycles. The largest absolute Gasteiger partial charge is 0.412 e. The third kappa shape index (κ3) is 6.24. The maximum atomic E-state index is 11.8. The van der Waals surface area contributed by atoms with Crippen molar-refractivity contribution in [1.82, 2.24) is 5.32 Å². The van der Waals surface area contributed by atoms with Crippen molar-refractivity contribution in [1.29, 1.82) is 0 Å². The van der Waals surface area contributed by atoms with E-state index in [4.69, 9.17) is 4.74 Å². The summed E-state index contributed by atoms with van der Waals surface area (Å²) in [6, 6.07) is 8.92. The van der Waals surface area contributed by atoms with Crippen LogP contribution in [0.5, 0.6) is 5.75 Å². The van der Waals surface area contributed by atoms with E-state index in [1.807, 2.05) is 24.3 Å². The number of carbonyl (C=O) groups excluding carboxylic acids is 1. The van der Waals surface area contributed by atoms with Crippen LogP contribution in [-0.2, 0) is 0 Å². The molecule has 0 aliphatic carbocycles. The third-order valence-electron chi connectivity index (χ3n) is 3.12. The molecule has 1 N–H and O–H groups in total. The Morgan fingerprint density at radius 3 is 2.50 bits per heavy atom. The number of benzene rings is 1. The molecule has 0 unspecified atom stereocenters. The molecule has 0 radical (unpaired) electrons. The van der Waals surface area contributed by atoms with Crippen LogP contribution in [0.25, 0.3) is 0 Å². The summed E-state index contributed by atoms with van der Waals surface area (Å²) in [4.78, 5) is 11.8. The van der Waals surface area contributed by atoms with Gasteiger partial charge in [0.05, 0.1) is 0 Å². The van der Waals surface area contributed by atoms with E-state index in [-0.39, 0.29) is 6.09 Å². The predicted molar refractivity (Wildman–Crippen MR) is 87.3 cm³/mol. The first-order chi connectivity index (χ1) is 9.29. The Kier molecular flexibility index (Phi) is 6.27. The summed E-state index contributed by atoms with van der Waals surface area (Å²) >= 11 is 0. The second kappa shape index (κ2) is 7.48. The zero-order valence-corrected chi connectivity index (χ0v) is 14.3. The molecule has 1 aromatic rings. The Labute approximate surface area is 123 Å². The maximum Gasteiger partial charge on any atom is 0.412 e. The summed E-state index contributed by atoms with van der Waals surface area (Å²) < 4.78 is 5.40. The van der Waals surface area contributed by atoms with Crippen molar-refractivity contribution in [2.45, 2.75) is 51.9 Å². The molecule has 0 aliphatic rings. The molecule has 112 valence electrons. The standard InChI is InChI=1S/C16H27NO2Si/c1-13(2)14-9-6-7-10-15(14)19-16(18)17-11-8-12-20(3,4)5/h6-7,9-10,13H,8,11-12H2,1-5H3,(H,17,18). The first kappa shape index (κ1) is 16.8. The lowest BCUT2D eigenvalue weighted by Gasteiger charge is -2.16. The van der Waals surface area contributed by atoms with Crippen LogP contribution in [0.1, 0.15) is 31.7 Å². The molecule has 3 nitrogen and oxygen atoms in total. The van der Waals surface area contributed by atoms with Crippen molar-refractivity contribution < 1.29 is 9.53 Å². The molecule has 0 heterocycles. The fourth-order valence-electron chi connectivity index (χ4n) is 2.00. The first-order valence-corrected chi connectivity index (χ1v) is 11.0. The molecule has 0 bridgehead atoms. The van der Waals surface area contributed by atoms with Crippen molar-refractivity contribution in [2.24, 2.45) is 0 Å². The van der Waals surface area contributed by atoms with E-state index in [0.717, 1.165) is 12.0 Å². The summed E-state index contributed by atoms with van der Waals surface area (Å²) in [5, 5.41) is 2.83. The van der Waals surface area contributed by atoms with Crippen molar-refractivity contribution in [3.05, 3.63) is 29.8 Å². The van der Waals surface area contributed by atoms with Crippen LogP contribution in [0, 0.1) is 0 Å². The summed E-state index contributed by atoms with van der Waals surface area (Å²) in [6.07, 6.45) is 0.671. The van der Waals surface area contributed by atoms with Gasteiger partial charge in [-0.3, -0.25) is 0 Å². The highest BCUT2D eigenvalue weighted by Gasteiger charge is 2.13. The fourth-order valence-corrected chi connectivity index (χ4v) is 3.23. The number of carbonyl (C=O) groups is 1. The number of nitrogens with one attached hydrogen (secondary N) is 1. The second-order valence-corrected chi connectivity index (χ2v) is 12.3. The Bertz CT molecular complexity index is 438. The number of ether oxygens (including phenoxy) is 1. The van der Waals surface area contributed by atoms with Crippen molar-refractivity contribution >= 4 is 14.2 Å². The van der Waals surface area contributed by atoms with E-state index in [0.29, 0.717) is 18.2 Å². The number of para-hydroxylation sites is 1. The highest BCUT2D eigenvalue weighted by molar-refractivity contribution is 6.76. The summed E-state index contributed by atoms with van der Waals surface area (Å²) in [5.41, 5.74) is 1.06. The van der Waals surface area contributed by atoms with Crippen LogP contribution < -0.4 is 10.1 Å². The normalized spacial score (nSPS) is 11.5. The van der Waals surface area contributed by atoms with Gasteiger partial charge in [0, 0.05) is 14.6 Å². The first-order valence-electron chi connectivity index (χ1n) is 7.34. The zero-order chi connectivity index (χ0) is 15.2. The second-order valence-electron chi connectivity index (χ2n) is 6.67. The van der Waals surface area contributed by atoms with Gasteiger partial charge in [0.25, 0.3) is 0 Å². The number of amides is 1. The van der Waals surface area contributed by atoms with Gasteiger partial charge in [-0.1, -0.05) is 57.7 Å². The lowest BCUT2D eigenvalue weighted by atomic mass is 10.0. The molecule has 1 amide bonds. The molecule has 0 saturated heterocycles. The number of rotatable bonds is 6. The minimum absolute atomic E-state index is 0.339. The van der Waals surface area contributed by atoms with E-state index < -0.39 is 8.07 Å². The molecule has 1 rings (SSSR count). The van der Waals surface area contributed by atoms with Crippen LogP contribution in [0.4, 0.5) is 4.79 Å². The van der Waals surface area contributed by atoms with Gasteiger partial charge in [0.1, 0.15) is 5.75 Å². The van der Waals surface area contributed by atoms with Crippen molar-refractivity contribution in [3.8, 4) is 5.75 Å². The molecule has 0 atom stereocenters. The predicted octanol–water partition coefficient (Wildman–Crippen LogP) is 4.63. The number of hydrogen-bond donors (Lipinski definition) is 1. The van der Waals surface area contributed by atoms with E-state index in [2.05, 4.69) is 38.8 Å². The summed E-state index contributed by atoms with van der Waals surface area (Å²) in [6.45, 7) is 11.9. The molecule has 0 saturated carbocycles. The summed E-state index contributed by atoms with van der Waals surface area (Å²) in [5.74, 6) is 0.996. The van der Waals surface area contributed by atoms with E-state index in [9.17, 15) is 4.79 Å². The Morgan fingerprint density at radius 2 is 1.90 bits per heavy atom. The van der Waals surface area contributed by atoms with Crippen molar-refractivity contribution in [2.75, 3.05) is 6.54 Å². The van der Waals surface area contributed by atoms with Gasteiger partial charge in [0.2, 0.25) is 0 Å². The SMILES string of the molecule is CC(C)c1ccccc1OC(=O)NCCC[Si](C)(C)C. The molecule has 4 heteroatoms. The molecule has 0 spiro atoms. The van der Waals surface area contributed by atoms with Gasteiger partial charge >= 0.3 is 6.09 Å². The minimum Gasteiger partial charge on any atom is -0.410 e. The maximum absolute atomic E-state index is 11.8. The lowest BCUT2D eigenvalue weighted by molar-refractivity contribution is 0.200. The number of hydrogen-bond acceptors (Lipinski definition) is 2. The van der Waals surface area contributed by atoms with Gasteiger partial charge in [-0.05, 0) is 24.0 Å². The average Bonchev–Trinajstić information content (AvgIpc) is 2.34. The van der Waals surface area contributed by atoms with Gasteiger partial charge in [-0.25, -0.2) is 4.79 Å². The molecular weight excluding hydrogens is 266 g/mol. The molecular formula is C16H27NO2Si. The monoisotopic (exact) mass is 293 g/mol. The van der Waals surface area contributed by atoms with Crippen molar-refractivity contribution in [3.63, 3.8) is 0 Å².